The van der Waals surface area contributed by atoms with Gasteiger partial charge in [0.05, 0.1) is 35.3 Å². The number of carbonyl (C=O) groups excluding carboxylic acids is 2. The number of benzene rings is 2. The Bertz CT molecular complexity index is 3840. The summed E-state index contributed by atoms with van der Waals surface area (Å²) in [6, 6.07) is 20.4. The lowest BCUT2D eigenvalue weighted by Crippen LogP contribution is -2.27. The average molecular weight is 1180 g/mol. The van der Waals surface area contributed by atoms with Crippen molar-refractivity contribution in [1.29, 1.82) is 0 Å². The van der Waals surface area contributed by atoms with Gasteiger partial charge in [-0.05, 0) is 101 Å². The molecule has 0 radical (unpaired) electrons. The van der Waals surface area contributed by atoms with Crippen molar-refractivity contribution in [3.8, 4) is 74.3 Å². The van der Waals surface area contributed by atoms with E-state index in [0.29, 0.717) is 56.5 Å². The standard InChI is InChI=1S/C33H32F3N7O4.C25H23ClF3N5O3/c1-32(2,3)47-31(44)43-14-6-7-23(43)22-15-37-27(25-26(20-12-13-20)38-18-39-30(25)45-5)41-29(22)46-17-19-8-10-21(11-9-19)28-40-24(16-42(28)4)33(34,35)36;1-24(2,3)37-23(35)34-11-5-6-18(34)17-12-30-22(26)32-21(17)36-14-15-7-9-16(10-8-15)20-31-19(13-33(20)4)25(27,28)29/h6-11,14-16,18,20H,12-13,17H2,1-5H3;5-13H,14H2,1-4H3. The SMILES string of the molecule is COc1ncnc(C2CC2)c1-c1ncc(-c2cccn2C(=O)OC(C)(C)C)c(OCc2ccc(-c3nc(C(F)(F)F)cn3C)cc2)n1.Cn1cc(C(F)(F)F)nc1-c1ccc(COc2nc(Cl)ncc2-c2cccn2C(=O)OC(C)(C)C)cc1. The van der Waals surface area contributed by atoms with Gasteiger partial charge in [0, 0.05) is 68.3 Å². The molecule has 9 aromatic rings. The number of ether oxygens (including phenoxy) is 5. The minimum absolute atomic E-state index is 0.0419. The molecule has 0 unspecified atom stereocenters. The Kier molecular flexibility index (Phi) is 16.7. The molecule has 0 atom stereocenters. The molecule has 10 rings (SSSR count). The Morgan fingerprint density at radius 1 is 0.595 bits per heavy atom. The quantitative estimate of drug-likeness (QED) is 0.0778. The first kappa shape index (κ1) is 59.5. The van der Waals surface area contributed by atoms with Gasteiger partial charge in [-0.15, -0.1) is 0 Å². The monoisotopic (exact) mass is 1180 g/mol. The Labute approximate surface area is 482 Å². The zero-order valence-electron chi connectivity index (χ0n) is 46.7. The van der Waals surface area contributed by atoms with Crippen molar-refractivity contribution in [2.24, 2.45) is 14.1 Å². The lowest BCUT2D eigenvalue weighted by atomic mass is 10.1. The summed E-state index contributed by atoms with van der Waals surface area (Å²) in [6.07, 6.45) is 1.23. The van der Waals surface area contributed by atoms with E-state index >= 15 is 0 Å². The summed E-state index contributed by atoms with van der Waals surface area (Å²) in [6.45, 7) is 10.8. The van der Waals surface area contributed by atoms with Crippen molar-refractivity contribution < 1.29 is 59.6 Å². The topological polar surface area (TPSA) is 203 Å². The first-order valence-corrected chi connectivity index (χ1v) is 26.3. The summed E-state index contributed by atoms with van der Waals surface area (Å²) in [7, 11) is 4.53. The lowest BCUT2D eigenvalue weighted by Gasteiger charge is -2.21. The molecule has 7 aromatic heterocycles. The van der Waals surface area contributed by atoms with Gasteiger partial charge in [0.2, 0.25) is 22.9 Å². The number of halogens is 7. The molecule has 1 aliphatic carbocycles. The number of aryl methyl sites for hydroxylation is 2. The summed E-state index contributed by atoms with van der Waals surface area (Å²) in [5, 5.41) is -0.0419. The molecule has 7 heterocycles. The molecule has 26 heteroatoms. The van der Waals surface area contributed by atoms with Crippen molar-refractivity contribution in [3.63, 3.8) is 0 Å². The molecule has 0 amide bonds. The van der Waals surface area contributed by atoms with E-state index in [2.05, 4.69) is 34.9 Å². The summed E-state index contributed by atoms with van der Waals surface area (Å²) >= 11 is 6.00. The molecule has 1 fully saturated rings. The average Bonchev–Trinajstić information content (AvgIpc) is 2.41. The lowest BCUT2D eigenvalue weighted by molar-refractivity contribution is -0.141. The molecule has 84 heavy (non-hydrogen) atoms. The third-order valence-electron chi connectivity index (χ3n) is 12.4. The minimum Gasteiger partial charge on any atom is -0.480 e. The van der Waals surface area contributed by atoms with Crippen molar-refractivity contribution in [3.05, 3.63) is 150 Å². The number of alkyl halides is 6. The highest BCUT2D eigenvalue weighted by atomic mass is 35.5. The van der Waals surface area contributed by atoms with Crippen LogP contribution in [-0.4, -0.2) is 88.6 Å². The maximum absolute atomic E-state index is 13.2. The maximum atomic E-state index is 13.2. The van der Waals surface area contributed by atoms with Crippen LogP contribution in [0.25, 0.3) is 56.7 Å². The van der Waals surface area contributed by atoms with Crippen LogP contribution < -0.4 is 14.2 Å². The molecular weight excluding hydrogens is 1130 g/mol. The molecular formula is C58H55ClF6N12O7. The van der Waals surface area contributed by atoms with Crippen LogP contribution in [0, 0.1) is 0 Å². The van der Waals surface area contributed by atoms with Crippen LogP contribution in [0.5, 0.6) is 17.6 Å². The molecule has 1 saturated carbocycles. The zero-order chi connectivity index (χ0) is 60.5. The zero-order valence-corrected chi connectivity index (χ0v) is 47.5. The van der Waals surface area contributed by atoms with Crippen LogP contribution in [0.4, 0.5) is 35.9 Å². The number of aromatic nitrogens is 12. The van der Waals surface area contributed by atoms with E-state index in [9.17, 15) is 35.9 Å². The minimum atomic E-state index is -4.55. The molecule has 0 saturated heterocycles. The molecule has 438 valence electrons. The van der Waals surface area contributed by atoms with Crippen LogP contribution in [-0.2, 0) is 49.1 Å². The van der Waals surface area contributed by atoms with Crippen LogP contribution in [0.1, 0.15) is 88.5 Å². The Hall–Kier alpha value is -9.13. The number of rotatable bonds is 13. The van der Waals surface area contributed by atoms with Gasteiger partial charge in [-0.3, -0.25) is 9.13 Å². The van der Waals surface area contributed by atoms with E-state index in [0.717, 1.165) is 36.5 Å². The van der Waals surface area contributed by atoms with E-state index in [4.69, 9.17) is 40.3 Å². The van der Waals surface area contributed by atoms with Gasteiger partial charge in [0.25, 0.3) is 0 Å². The third kappa shape index (κ3) is 14.0. The highest BCUT2D eigenvalue weighted by Gasteiger charge is 2.36. The molecule has 0 N–H and O–H groups in total. The van der Waals surface area contributed by atoms with E-state index in [-0.39, 0.29) is 47.8 Å². The van der Waals surface area contributed by atoms with Gasteiger partial charge in [0.15, 0.2) is 17.2 Å². The number of methoxy groups -OCH3 is 1. The second kappa shape index (κ2) is 23.6. The Morgan fingerprint density at radius 2 is 1.05 bits per heavy atom. The first-order chi connectivity index (χ1) is 39.6. The van der Waals surface area contributed by atoms with Crippen molar-refractivity contribution in [1.82, 2.24) is 58.1 Å². The molecule has 2 aromatic carbocycles. The summed E-state index contributed by atoms with van der Waals surface area (Å²) in [5.74, 6) is 1.55. The van der Waals surface area contributed by atoms with Gasteiger partial charge < -0.3 is 32.8 Å². The Morgan fingerprint density at radius 3 is 1.46 bits per heavy atom. The second-order valence-corrected chi connectivity index (χ2v) is 21.6. The van der Waals surface area contributed by atoms with Gasteiger partial charge >= 0.3 is 24.5 Å². The van der Waals surface area contributed by atoms with E-state index in [1.807, 2.05) is 0 Å². The number of nitrogens with zero attached hydrogens (tertiary/aromatic N) is 12. The third-order valence-corrected chi connectivity index (χ3v) is 12.6. The van der Waals surface area contributed by atoms with Gasteiger partial charge in [0.1, 0.15) is 48.0 Å². The van der Waals surface area contributed by atoms with E-state index in [1.165, 1.54) is 52.0 Å². The molecule has 0 bridgehead atoms. The largest absolute Gasteiger partial charge is 0.480 e. The molecule has 0 aliphatic heterocycles. The van der Waals surface area contributed by atoms with E-state index in [1.54, 1.807) is 133 Å². The van der Waals surface area contributed by atoms with Gasteiger partial charge in [-0.1, -0.05) is 48.5 Å². The number of imidazole rings is 2. The van der Waals surface area contributed by atoms with Crippen molar-refractivity contribution in [2.45, 2.75) is 97.1 Å². The normalized spacial score (nSPS) is 12.8. The van der Waals surface area contributed by atoms with Gasteiger partial charge in [-0.25, -0.2) is 39.5 Å². The number of hydrogen-bond donors (Lipinski definition) is 0. The fraction of sp³-hybridized carbons (Fsp3) is 0.310. The van der Waals surface area contributed by atoms with E-state index < -0.39 is 47.1 Å². The van der Waals surface area contributed by atoms with Crippen LogP contribution in [0.3, 0.4) is 0 Å². The summed E-state index contributed by atoms with van der Waals surface area (Å²) in [4.78, 5) is 59.6. The van der Waals surface area contributed by atoms with Crippen LogP contribution in [0.15, 0.2) is 116 Å². The molecule has 1 aliphatic rings. The highest BCUT2D eigenvalue weighted by Crippen LogP contribution is 2.46. The molecule has 19 nitrogen and oxygen atoms in total. The predicted molar refractivity (Wildman–Crippen MR) is 295 cm³/mol. The van der Waals surface area contributed by atoms with Gasteiger partial charge in [-0.2, -0.15) is 36.3 Å². The predicted octanol–water partition coefficient (Wildman–Crippen LogP) is 13.4. The Balaban J connectivity index is 0.000000208. The van der Waals surface area contributed by atoms with Crippen molar-refractivity contribution >= 4 is 23.8 Å². The number of hydrogen-bond acceptors (Lipinski definition) is 15. The van der Waals surface area contributed by atoms with Crippen LogP contribution >= 0.6 is 11.6 Å². The van der Waals surface area contributed by atoms with Crippen molar-refractivity contribution in [2.75, 3.05) is 7.11 Å². The maximum Gasteiger partial charge on any atom is 0.434 e. The number of carbonyl (C=O) groups is 2. The fourth-order valence-corrected chi connectivity index (χ4v) is 8.63. The molecule has 0 spiro atoms. The summed E-state index contributed by atoms with van der Waals surface area (Å²) in [5.41, 5.74) is 2.22. The van der Waals surface area contributed by atoms with Crippen LogP contribution in [0.2, 0.25) is 5.28 Å². The smallest absolute Gasteiger partial charge is 0.434 e. The fourth-order valence-electron chi connectivity index (χ4n) is 8.50. The first-order valence-electron chi connectivity index (χ1n) is 25.9. The summed E-state index contributed by atoms with van der Waals surface area (Å²) < 4.78 is 113. The highest BCUT2D eigenvalue weighted by molar-refractivity contribution is 6.28. The second-order valence-electron chi connectivity index (χ2n) is 21.3.